The molecule has 2 fully saturated rings. The molecule has 4 rings (SSSR count). The van der Waals surface area contributed by atoms with Crippen LogP contribution in [0.5, 0.6) is 0 Å². The second-order valence-electron chi connectivity index (χ2n) is 8.75. The van der Waals surface area contributed by atoms with E-state index in [2.05, 4.69) is 5.32 Å². The molecule has 0 radical (unpaired) electrons. The fraction of sp³-hybridized carbons (Fsp3) is 0.440. The molecule has 0 aromatic heterocycles. The summed E-state index contributed by atoms with van der Waals surface area (Å²) in [6, 6.07) is 14.8. The van der Waals surface area contributed by atoms with Crippen LogP contribution in [0.15, 0.2) is 48.5 Å². The highest BCUT2D eigenvalue weighted by Crippen LogP contribution is 2.35. The smallest absolute Gasteiger partial charge is 0.411 e. The third-order valence-corrected chi connectivity index (χ3v) is 6.61. The molecule has 2 amide bonds. The van der Waals surface area contributed by atoms with E-state index in [-0.39, 0.29) is 30.5 Å². The van der Waals surface area contributed by atoms with Gasteiger partial charge in [0, 0.05) is 35.3 Å². The molecule has 2 aromatic carbocycles. The number of hydrogen-bond donors (Lipinski definition) is 2. The molecular weight excluding hydrogens is 426 g/mol. The van der Waals surface area contributed by atoms with Crippen LogP contribution in [0.2, 0.25) is 5.02 Å². The van der Waals surface area contributed by atoms with Crippen LogP contribution < -0.4 is 11.1 Å². The number of ether oxygens (including phenoxy) is 1. The number of hydrogen-bond acceptors (Lipinski definition) is 4. The molecule has 6 nitrogen and oxygen atoms in total. The summed E-state index contributed by atoms with van der Waals surface area (Å²) >= 11 is 6.48. The average Bonchev–Trinajstić information content (AvgIpc) is 3.64. The summed E-state index contributed by atoms with van der Waals surface area (Å²) in [5.41, 5.74) is 8.69. The van der Waals surface area contributed by atoms with E-state index in [4.69, 9.17) is 22.1 Å². The highest BCUT2D eigenvalue weighted by atomic mass is 35.5. The maximum absolute atomic E-state index is 13.1. The third kappa shape index (κ3) is 5.81. The van der Waals surface area contributed by atoms with Gasteiger partial charge < -0.3 is 15.4 Å². The molecule has 2 aliphatic rings. The van der Waals surface area contributed by atoms with Gasteiger partial charge in [0.2, 0.25) is 5.91 Å². The van der Waals surface area contributed by atoms with Crippen LogP contribution >= 0.6 is 11.6 Å². The van der Waals surface area contributed by atoms with Crippen LogP contribution in [0.4, 0.5) is 10.5 Å². The van der Waals surface area contributed by atoms with Crippen molar-refractivity contribution in [2.45, 2.75) is 63.8 Å². The first-order valence-corrected chi connectivity index (χ1v) is 11.7. The van der Waals surface area contributed by atoms with Crippen molar-refractivity contribution < 1.29 is 14.3 Å². The summed E-state index contributed by atoms with van der Waals surface area (Å²) in [6.45, 7) is 0.581. The number of anilines is 1. The van der Waals surface area contributed by atoms with Gasteiger partial charge in [0.1, 0.15) is 6.61 Å². The number of nitrogens with zero attached hydrogens (tertiary/aromatic N) is 1. The molecule has 170 valence electrons. The average molecular weight is 456 g/mol. The molecule has 2 aliphatic carbocycles. The van der Waals surface area contributed by atoms with Crippen molar-refractivity contribution in [3.63, 3.8) is 0 Å². The second kappa shape index (κ2) is 10.4. The molecule has 0 aliphatic heterocycles. The van der Waals surface area contributed by atoms with Gasteiger partial charge in [-0.05, 0) is 55.0 Å². The Kier molecular flexibility index (Phi) is 7.33. The van der Waals surface area contributed by atoms with E-state index in [9.17, 15) is 9.59 Å². The molecule has 7 heteroatoms. The van der Waals surface area contributed by atoms with Gasteiger partial charge >= 0.3 is 6.09 Å². The largest absolute Gasteiger partial charge is 0.444 e. The van der Waals surface area contributed by atoms with Crippen molar-refractivity contribution in [3.8, 4) is 0 Å². The number of carbonyl (C=O) groups is 2. The van der Waals surface area contributed by atoms with Crippen molar-refractivity contribution in [3.05, 3.63) is 64.7 Å². The number of halogens is 1. The molecule has 0 bridgehead atoms. The molecule has 2 aromatic rings. The van der Waals surface area contributed by atoms with Crippen molar-refractivity contribution in [2.24, 2.45) is 11.7 Å². The topological polar surface area (TPSA) is 84.7 Å². The zero-order chi connectivity index (χ0) is 22.5. The van der Waals surface area contributed by atoms with Gasteiger partial charge in [-0.1, -0.05) is 54.8 Å². The van der Waals surface area contributed by atoms with Gasteiger partial charge in [0.25, 0.3) is 0 Å². The fourth-order valence-corrected chi connectivity index (χ4v) is 4.46. The van der Waals surface area contributed by atoms with Gasteiger partial charge in [-0.25, -0.2) is 4.79 Å². The summed E-state index contributed by atoms with van der Waals surface area (Å²) in [4.78, 5) is 27.3. The number of carbonyl (C=O) groups excluding carboxylic acids is 2. The Morgan fingerprint density at radius 3 is 2.53 bits per heavy atom. The third-order valence-electron chi connectivity index (χ3n) is 6.24. The van der Waals surface area contributed by atoms with Crippen LogP contribution in [-0.2, 0) is 22.7 Å². The summed E-state index contributed by atoms with van der Waals surface area (Å²) < 4.78 is 5.31. The Bertz CT molecular complexity index is 949. The normalized spacial score (nSPS) is 20.4. The monoisotopic (exact) mass is 455 g/mol. The zero-order valence-electron chi connectivity index (χ0n) is 18.1. The predicted molar refractivity (Wildman–Crippen MR) is 125 cm³/mol. The van der Waals surface area contributed by atoms with E-state index in [0.717, 1.165) is 49.7 Å². The van der Waals surface area contributed by atoms with Gasteiger partial charge in [-0.3, -0.25) is 10.1 Å². The highest BCUT2D eigenvalue weighted by molar-refractivity contribution is 6.31. The Morgan fingerprint density at radius 1 is 1.06 bits per heavy atom. The summed E-state index contributed by atoms with van der Waals surface area (Å²) in [6.07, 6.45) is 5.38. The molecule has 0 saturated heterocycles. The van der Waals surface area contributed by atoms with Crippen molar-refractivity contribution >= 4 is 29.3 Å². The van der Waals surface area contributed by atoms with Crippen LogP contribution in [0.25, 0.3) is 0 Å². The lowest BCUT2D eigenvalue weighted by atomic mass is 9.89. The van der Waals surface area contributed by atoms with Crippen molar-refractivity contribution in [1.29, 1.82) is 0 Å². The number of nitrogens with one attached hydrogen (secondary N) is 1. The lowest BCUT2D eigenvalue weighted by molar-refractivity contribution is -0.136. The molecule has 2 atom stereocenters. The Balaban J connectivity index is 1.44. The van der Waals surface area contributed by atoms with Crippen molar-refractivity contribution in [1.82, 2.24) is 4.90 Å². The highest BCUT2D eigenvalue weighted by Gasteiger charge is 2.38. The van der Waals surface area contributed by atoms with Crippen LogP contribution in [0, 0.1) is 5.92 Å². The first-order chi connectivity index (χ1) is 15.5. The quantitative estimate of drug-likeness (QED) is 0.608. The van der Waals surface area contributed by atoms with E-state index < -0.39 is 6.09 Å². The SMILES string of the molecule is NC1CCCCC1N(Cc1cc(NC(=O)OCc2ccccc2)ccc1Cl)C(=O)C1CC1. The van der Waals surface area contributed by atoms with Crippen molar-refractivity contribution in [2.75, 3.05) is 5.32 Å². The fourth-order valence-electron chi connectivity index (χ4n) is 4.28. The molecule has 0 spiro atoms. The molecule has 2 saturated carbocycles. The lowest BCUT2D eigenvalue weighted by Gasteiger charge is -2.39. The van der Waals surface area contributed by atoms with Gasteiger partial charge in [0.05, 0.1) is 0 Å². The minimum atomic E-state index is -0.539. The van der Waals surface area contributed by atoms with Gasteiger partial charge in [-0.15, -0.1) is 0 Å². The molecule has 0 heterocycles. The molecular formula is C25H30ClN3O3. The zero-order valence-corrected chi connectivity index (χ0v) is 18.9. The second-order valence-corrected chi connectivity index (χ2v) is 9.16. The number of benzene rings is 2. The summed E-state index contributed by atoms with van der Waals surface area (Å²) in [5, 5.41) is 3.32. The minimum Gasteiger partial charge on any atom is -0.444 e. The Morgan fingerprint density at radius 2 is 1.81 bits per heavy atom. The maximum Gasteiger partial charge on any atom is 0.411 e. The van der Waals surface area contributed by atoms with E-state index in [1.54, 1.807) is 12.1 Å². The number of rotatable bonds is 7. The number of nitrogens with two attached hydrogens (primary N) is 1. The van der Waals surface area contributed by atoms with E-state index in [0.29, 0.717) is 17.3 Å². The van der Waals surface area contributed by atoms with Gasteiger partial charge in [-0.2, -0.15) is 0 Å². The standard InChI is InChI=1S/C25H30ClN3O3/c26-21-13-12-20(28-25(31)32-16-17-6-2-1-3-7-17)14-19(21)15-29(24(30)18-10-11-18)23-9-5-4-8-22(23)27/h1-3,6-7,12-14,18,22-23H,4-5,8-11,15-16,27H2,(H,28,31). The predicted octanol–water partition coefficient (Wildman–Crippen LogP) is 5.10. The minimum absolute atomic E-state index is 0.0144. The van der Waals surface area contributed by atoms with Crippen LogP contribution in [0.3, 0.4) is 0 Å². The Hall–Kier alpha value is -2.57. The van der Waals surface area contributed by atoms with E-state index >= 15 is 0 Å². The van der Waals surface area contributed by atoms with Crippen LogP contribution in [0.1, 0.15) is 49.7 Å². The van der Waals surface area contributed by atoms with Crippen LogP contribution in [-0.4, -0.2) is 29.0 Å². The first kappa shape index (κ1) is 22.6. The molecule has 2 unspecified atom stereocenters. The van der Waals surface area contributed by atoms with Gasteiger partial charge in [0.15, 0.2) is 0 Å². The summed E-state index contributed by atoms with van der Waals surface area (Å²) in [7, 11) is 0. The molecule has 32 heavy (non-hydrogen) atoms. The summed E-state index contributed by atoms with van der Waals surface area (Å²) in [5.74, 6) is 0.279. The first-order valence-electron chi connectivity index (χ1n) is 11.3. The number of amides is 2. The maximum atomic E-state index is 13.1. The molecule has 3 N–H and O–H groups in total. The van der Waals surface area contributed by atoms with E-state index in [1.165, 1.54) is 0 Å². The lowest BCUT2D eigenvalue weighted by Crippen LogP contribution is -2.52. The Labute approximate surface area is 194 Å². The van der Waals surface area contributed by atoms with E-state index in [1.807, 2.05) is 41.3 Å².